The highest BCUT2D eigenvalue weighted by Crippen LogP contribution is 2.13. The molecule has 0 bridgehead atoms. The Morgan fingerprint density at radius 1 is 1.38 bits per heavy atom. The highest BCUT2D eigenvalue weighted by molar-refractivity contribution is 9.10. The number of benzene rings is 1. The van der Waals surface area contributed by atoms with E-state index in [4.69, 9.17) is 0 Å². The molecule has 0 atom stereocenters. The van der Waals surface area contributed by atoms with E-state index in [-0.39, 0.29) is 5.91 Å². The van der Waals surface area contributed by atoms with Gasteiger partial charge in [0.2, 0.25) is 0 Å². The number of carbonyl (C=O) groups is 1. The summed E-state index contributed by atoms with van der Waals surface area (Å²) in [7, 11) is 0. The van der Waals surface area contributed by atoms with Gasteiger partial charge in [0.1, 0.15) is 0 Å². The second-order valence-corrected chi connectivity index (χ2v) is 5.70. The predicted octanol–water partition coefficient (Wildman–Crippen LogP) is 3.65. The van der Waals surface area contributed by atoms with Gasteiger partial charge in [-0.3, -0.25) is 4.79 Å². The van der Waals surface area contributed by atoms with Gasteiger partial charge in [0.15, 0.2) is 0 Å². The molecule has 0 aliphatic rings. The Labute approximate surface area is 133 Å². The number of rotatable bonds is 4. The lowest BCUT2D eigenvalue weighted by atomic mass is 10.2. The van der Waals surface area contributed by atoms with Gasteiger partial charge in [-0.1, -0.05) is 22.0 Å². The van der Waals surface area contributed by atoms with E-state index in [0.717, 1.165) is 22.3 Å². The Kier molecular flexibility index (Phi) is 4.96. The Morgan fingerprint density at radius 3 is 2.76 bits per heavy atom. The normalized spacial score (nSPS) is 11.0. The third-order valence-electron chi connectivity index (χ3n) is 3.39. The second kappa shape index (κ2) is 6.72. The molecule has 4 nitrogen and oxygen atoms in total. The first-order chi connectivity index (χ1) is 10.0. The number of halogens is 1. The standard InChI is InChI=1S/C16H18BrN3O/c1-4-20-11(2)8-14(12(20)3)10-18-19-16(21)13-6-5-7-15(17)9-13/h5-10H,4H2,1-3H3,(H,19,21)/b18-10-. The highest BCUT2D eigenvalue weighted by Gasteiger charge is 2.06. The summed E-state index contributed by atoms with van der Waals surface area (Å²) >= 11 is 3.34. The van der Waals surface area contributed by atoms with Crippen LogP contribution >= 0.6 is 15.9 Å². The van der Waals surface area contributed by atoms with Gasteiger partial charge in [-0.15, -0.1) is 0 Å². The van der Waals surface area contributed by atoms with Crippen molar-refractivity contribution in [2.24, 2.45) is 5.10 Å². The molecule has 2 aromatic rings. The number of hydrazone groups is 1. The third kappa shape index (κ3) is 3.61. The Hall–Kier alpha value is -1.88. The largest absolute Gasteiger partial charge is 0.349 e. The average Bonchev–Trinajstić information content (AvgIpc) is 2.73. The number of nitrogens with zero attached hydrogens (tertiary/aromatic N) is 2. The lowest BCUT2D eigenvalue weighted by molar-refractivity contribution is 0.0955. The molecule has 0 unspecified atom stereocenters. The fourth-order valence-corrected chi connectivity index (χ4v) is 2.70. The van der Waals surface area contributed by atoms with Crippen molar-refractivity contribution in [3.05, 3.63) is 57.3 Å². The zero-order valence-electron chi connectivity index (χ0n) is 12.4. The monoisotopic (exact) mass is 347 g/mol. The van der Waals surface area contributed by atoms with Crippen LogP contribution in [-0.2, 0) is 6.54 Å². The van der Waals surface area contributed by atoms with E-state index in [1.165, 1.54) is 5.69 Å². The summed E-state index contributed by atoms with van der Waals surface area (Å²) in [6, 6.07) is 9.26. The molecule has 0 aliphatic heterocycles. The van der Waals surface area contributed by atoms with Crippen molar-refractivity contribution in [2.75, 3.05) is 0 Å². The molecule has 1 N–H and O–H groups in total. The fourth-order valence-electron chi connectivity index (χ4n) is 2.30. The van der Waals surface area contributed by atoms with Crippen LogP contribution in [-0.4, -0.2) is 16.7 Å². The van der Waals surface area contributed by atoms with Crippen molar-refractivity contribution >= 4 is 28.1 Å². The number of nitrogens with one attached hydrogen (secondary N) is 1. The molecule has 1 aromatic heterocycles. The van der Waals surface area contributed by atoms with E-state index in [9.17, 15) is 4.79 Å². The summed E-state index contributed by atoms with van der Waals surface area (Å²) in [5, 5.41) is 4.04. The SMILES string of the molecule is CCn1c(C)cc(/C=N\NC(=O)c2cccc(Br)c2)c1C. The maximum Gasteiger partial charge on any atom is 0.271 e. The average molecular weight is 348 g/mol. The molecule has 1 amide bonds. The van der Waals surface area contributed by atoms with Gasteiger partial charge in [-0.25, -0.2) is 5.43 Å². The molecule has 0 spiro atoms. The van der Waals surface area contributed by atoms with Gasteiger partial charge < -0.3 is 4.57 Å². The van der Waals surface area contributed by atoms with Crippen LogP contribution in [0.4, 0.5) is 0 Å². The van der Waals surface area contributed by atoms with E-state index in [1.54, 1.807) is 18.3 Å². The van der Waals surface area contributed by atoms with E-state index in [0.29, 0.717) is 5.56 Å². The van der Waals surface area contributed by atoms with Gasteiger partial charge in [-0.05, 0) is 45.0 Å². The van der Waals surface area contributed by atoms with Crippen molar-refractivity contribution in [3.8, 4) is 0 Å². The molecule has 0 saturated heterocycles. The minimum absolute atomic E-state index is 0.225. The Balaban J connectivity index is 2.07. The van der Waals surface area contributed by atoms with Crippen LogP contribution in [0.25, 0.3) is 0 Å². The highest BCUT2D eigenvalue weighted by atomic mass is 79.9. The predicted molar refractivity (Wildman–Crippen MR) is 88.8 cm³/mol. The smallest absolute Gasteiger partial charge is 0.271 e. The quantitative estimate of drug-likeness (QED) is 0.665. The van der Waals surface area contributed by atoms with Gasteiger partial charge >= 0.3 is 0 Å². The molecule has 5 heteroatoms. The van der Waals surface area contributed by atoms with Crippen molar-refractivity contribution < 1.29 is 4.79 Å². The molecule has 1 heterocycles. The number of amides is 1. The van der Waals surface area contributed by atoms with E-state index in [1.807, 2.05) is 19.1 Å². The zero-order chi connectivity index (χ0) is 15.4. The van der Waals surface area contributed by atoms with Crippen molar-refractivity contribution in [2.45, 2.75) is 27.3 Å². The minimum atomic E-state index is -0.225. The first-order valence-electron chi connectivity index (χ1n) is 6.78. The van der Waals surface area contributed by atoms with Crippen LogP contribution in [0.5, 0.6) is 0 Å². The molecule has 1 aromatic carbocycles. The van der Waals surface area contributed by atoms with E-state index < -0.39 is 0 Å². The fraction of sp³-hybridized carbons (Fsp3) is 0.250. The van der Waals surface area contributed by atoms with Crippen LogP contribution < -0.4 is 5.43 Å². The molecule has 0 aliphatic carbocycles. The summed E-state index contributed by atoms with van der Waals surface area (Å²) in [6.45, 7) is 7.15. The van der Waals surface area contributed by atoms with Gasteiger partial charge in [0.05, 0.1) is 6.21 Å². The molecule has 21 heavy (non-hydrogen) atoms. The third-order valence-corrected chi connectivity index (χ3v) is 3.88. The number of hydrogen-bond acceptors (Lipinski definition) is 2. The first-order valence-corrected chi connectivity index (χ1v) is 7.58. The zero-order valence-corrected chi connectivity index (χ0v) is 13.9. The van der Waals surface area contributed by atoms with Crippen LogP contribution in [0.3, 0.4) is 0 Å². The Bertz CT molecular complexity index is 689. The van der Waals surface area contributed by atoms with Crippen molar-refractivity contribution in [3.63, 3.8) is 0 Å². The van der Waals surface area contributed by atoms with Crippen molar-refractivity contribution in [1.29, 1.82) is 0 Å². The van der Waals surface area contributed by atoms with Crippen LogP contribution in [0.1, 0.15) is 34.2 Å². The van der Waals surface area contributed by atoms with Crippen LogP contribution in [0.15, 0.2) is 39.9 Å². The van der Waals surface area contributed by atoms with Gasteiger partial charge in [0, 0.05) is 33.5 Å². The second-order valence-electron chi connectivity index (χ2n) is 4.78. The number of aryl methyl sites for hydroxylation is 1. The number of carbonyl (C=O) groups excluding carboxylic acids is 1. The summed E-state index contributed by atoms with van der Waals surface area (Å²) in [6.07, 6.45) is 1.68. The van der Waals surface area contributed by atoms with Crippen LogP contribution in [0.2, 0.25) is 0 Å². The first kappa shape index (κ1) is 15.5. The minimum Gasteiger partial charge on any atom is -0.349 e. The number of hydrogen-bond donors (Lipinski definition) is 1. The molecule has 0 fully saturated rings. The molecule has 110 valence electrons. The summed E-state index contributed by atoms with van der Waals surface area (Å²) < 4.78 is 3.07. The topological polar surface area (TPSA) is 46.4 Å². The van der Waals surface area contributed by atoms with Crippen molar-refractivity contribution in [1.82, 2.24) is 9.99 Å². The van der Waals surface area contributed by atoms with Gasteiger partial charge in [-0.2, -0.15) is 5.10 Å². The maximum atomic E-state index is 11.9. The molecule has 2 rings (SSSR count). The van der Waals surface area contributed by atoms with E-state index >= 15 is 0 Å². The molecular formula is C16H18BrN3O. The molecular weight excluding hydrogens is 330 g/mol. The van der Waals surface area contributed by atoms with Crippen LogP contribution in [0, 0.1) is 13.8 Å². The molecule has 0 saturated carbocycles. The summed E-state index contributed by atoms with van der Waals surface area (Å²) in [4.78, 5) is 11.9. The maximum absolute atomic E-state index is 11.9. The molecule has 0 radical (unpaired) electrons. The number of aromatic nitrogens is 1. The lowest BCUT2D eigenvalue weighted by Crippen LogP contribution is -2.17. The van der Waals surface area contributed by atoms with Gasteiger partial charge in [0.25, 0.3) is 5.91 Å². The summed E-state index contributed by atoms with van der Waals surface area (Å²) in [5.74, 6) is -0.225. The van der Waals surface area contributed by atoms with E-state index in [2.05, 4.69) is 50.9 Å². The Morgan fingerprint density at radius 2 is 2.14 bits per heavy atom. The summed E-state index contributed by atoms with van der Waals surface area (Å²) in [5.41, 5.74) is 6.47. The lowest BCUT2D eigenvalue weighted by Gasteiger charge is -2.04.